The third kappa shape index (κ3) is 2.72. The van der Waals surface area contributed by atoms with Gasteiger partial charge in [-0.15, -0.1) is 0 Å². The van der Waals surface area contributed by atoms with E-state index in [0.29, 0.717) is 0 Å². The summed E-state index contributed by atoms with van der Waals surface area (Å²) in [6, 6.07) is 9.61. The monoisotopic (exact) mass is 230 g/mol. The van der Waals surface area contributed by atoms with Gasteiger partial charge in [0.1, 0.15) is 5.82 Å². The minimum absolute atomic E-state index is 0.0612. The Morgan fingerprint density at radius 1 is 1.41 bits per heavy atom. The van der Waals surface area contributed by atoms with Gasteiger partial charge < -0.3 is 10.1 Å². The first-order valence-corrected chi connectivity index (χ1v) is 5.45. The molecule has 2 rings (SSSR count). The summed E-state index contributed by atoms with van der Waals surface area (Å²) in [6.45, 7) is 1.85. The molecule has 1 heterocycles. The van der Waals surface area contributed by atoms with Crippen LogP contribution >= 0.6 is 0 Å². The number of H-pyrrole nitrogens is 1. The third-order valence-corrected chi connectivity index (χ3v) is 2.68. The standard InChI is InChI=1S/C13H14N2O2/c1-9-14-8-12(15-9)11(7-13(16)17)10-5-3-2-4-6-10/h2-6,8,11H,7H2,1H3,(H,14,15)(H,16,17). The molecule has 17 heavy (non-hydrogen) atoms. The van der Waals surface area contributed by atoms with Crippen molar-refractivity contribution in [2.75, 3.05) is 0 Å². The van der Waals surface area contributed by atoms with Crippen molar-refractivity contribution in [3.05, 3.63) is 53.6 Å². The molecule has 0 radical (unpaired) electrons. The highest BCUT2D eigenvalue weighted by molar-refractivity contribution is 5.68. The van der Waals surface area contributed by atoms with Crippen LogP contribution in [0.5, 0.6) is 0 Å². The topological polar surface area (TPSA) is 66.0 Å². The summed E-state index contributed by atoms with van der Waals surface area (Å²) in [7, 11) is 0. The Hall–Kier alpha value is -2.10. The number of hydrogen-bond acceptors (Lipinski definition) is 2. The zero-order valence-electron chi connectivity index (χ0n) is 9.55. The molecule has 0 spiro atoms. The van der Waals surface area contributed by atoms with Crippen LogP contribution in [0.4, 0.5) is 0 Å². The number of aliphatic carboxylic acids is 1. The molecule has 4 nitrogen and oxygen atoms in total. The van der Waals surface area contributed by atoms with Crippen LogP contribution in [0, 0.1) is 6.92 Å². The Bertz CT molecular complexity index is 505. The molecule has 1 aromatic heterocycles. The second kappa shape index (κ2) is 4.82. The number of aromatic nitrogens is 2. The first-order valence-electron chi connectivity index (χ1n) is 5.45. The van der Waals surface area contributed by atoms with Crippen LogP contribution < -0.4 is 0 Å². The van der Waals surface area contributed by atoms with E-state index in [-0.39, 0.29) is 12.3 Å². The highest BCUT2D eigenvalue weighted by Crippen LogP contribution is 2.26. The maximum atomic E-state index is 10.9. The van der Waals surface area contributed by atoms with Crippen molar-refractivity contribution in [1.82, 2.24) is 9.97 Å². The van der Waals surface area contributed by atoms with Gasteiger partial charge in [0, 0.05) is 17.8 Å². The van der Waals surface area contributed by atoms with Gasteiger partial charge in [-0.25, -0.2) is 4.98 Å². The van der Waals surface area contributed by atoms with E-state index in [2.05, 4.69) is 9.97 Å². The number of carboxylic acids is 1. The normalized spacial score (nSPS) is 12.3. The predicted molar refractivity (Wildman–Crippen MR) is 63.9 cm³/mol. The van der Waals surface area contributed by atoms with Crippen molar-refractivity contribution < 1.29 is 9.90 Å². The third-order valence-electron chi connectivity index (χ3n) is 2.68. The fraction of sp³-hybridized carbons (Fsp3) is 0.231. The molecule has 1 aromatic carbocycles. The molecule has 1 unspecified atom stereocenters. The van der Waals surface area contributed by atoms with Gasteiger partial charge in [-0.05, 0) is 12.5 Å². The molecule has 0 aliphatic heterocycles. The first kappa shape index (κ1) is 11.4. The van der Waals surface area contributed by atoms with E-state index in [9.17, 15) is 4.79 Å². The van der Waals surface area contributed by atoms with E-state index in [0.717, 1.165) is 17.1 Å². The summed E-state index contributed by atoms with van der Waals surface area (Å²) >= 11 is 0. The number of benzene rings is 1. The Kier molecular flexibility index (Phi) is 3.23. The van der Waals surface area contributed by atoms with E-state index in [1.807, 2.05) is 37.3 Å². The van der Waals surface area contributed by atoms with Crippen molar-refractivity contribution in [3.63, 3.8) is 0 Å². The molecule has 0 amide bonds. The molecule has 0 aliphatic rings. The van der Waals surface area contributed by atoms with Crippen molar-refractivity contribution in [2.45, 2.75) is 19.3 Å². The first-order chi connectivity index (χ1) is 8.16. The number of carboxylic acid groups (broad SMARTS) is 1. The minimum Gasteiger partial charge on any atom is -0.481 e. The van der Waals surface area contributed by atoms with E-state index < -0.39 is 5.97 Å². The average Bonchev–Trinajstić information content (AvgIpc) is 2.73. The molecule has 2 N–H and O–H groups in total. The maximum absolute atomic E-state index is 10.9. The van der Waals surface area contributed by atoms with Crippen LogP contribution in [0.15, 0.2) is 36.5 Å². The molecule has 0 saturated carbocycles. The molecule has 2 aromatic rings. The largest absolute Gasteiger partial charge is 0.481 e. The number of hydrogen-bond donors (Lipinski definition) is 2. The van der Waals surface area contributed by atoms with Gasteiger partial charge in [-0.1, -0.05) is 30.3 Å². The predicted octanol–water partition coefficient (Wildman–Crippen LogP) is 2.32. The van der Waals surface area contributed by atoms with E-state index in [1.165, 1.54) is 0 Å². The number of nitrogens with one attached hydrogen (secondary N) is 1. The van der Waals surface area contributed by atoms with Crippen molar-refractivity contribution in [2.24, 2.45) is 0 Å². The fourth-order valence-electron chi connectivity index (χ4n) is 1.88. The van der Waals surface area contributed by atoms with Gasteiger partial charge in [0.2, 0.25) is 0 Å². The molecule has 0 saturated heterocycles. The molecule has 88 valence electrons. The summed E-state index contributed by atoms with van der Waals surface area (Å²) in [5.41, 5.74) is 1.83. The fourth-order valence-corrected chi connectivity index (χ4v) is 1.88. The molecular formula is C13H14N2O2. The van der Waals surface area contributed by atoms with Crippen LogP contribution in [-0.2, 0) is 4.79 Å². The lowest BCUT2D eigenvalue weighted by atomic mass is 9.93. The Morgan fingerprint density at radius 2 is 2.12 bits per heavy atom. The lowest BCUT2D eigenvalue weighted by Crippen LogP contribution is -2.08. The number of imidazole rings is 1. The highest BCUT2D eigenvalue weighted by atomic mass is 16.4. The lowest BCUT2D eigenvalue weighted by Gasteiger charge is -2.13. The van der Waals surface area contributed by atoms with Gasteiger partial charge in [-0.3, -0.25) is 4.79 Å². The highest BCUT2D eigenvalue weighted by Gasteiger charge is 2.19. The Morgan fingerprint density at radius 3 is 2.65 bits per heavy atom. The molecule has 0 fully saturated rings. The van der Waals surface area contributed by atoms with Gasteiger partial charge in [0.05, 0.1) is 6.42 Å². The number of aromatic amines is 1. The smallest absolute Gasteiger partial charge is 0.304 e. The van der Waals surface area contributed by atoms with Crippen molar-refractivity contribution in [3.8, 4) is 0 Å². The molecular weight excluding hydrogens is 216 g/mol. The minimum atomic E-state index is -0.814. The summed E-state index contributed by atoms with van der Waals surface area (Å²) in [5.74, 6) is -0.188. The quantitative estimate of drug-likeness (QED) is 0.847. The molecule has 0 bridgehead atoms. The lowest BCUT2D eigenvalue weighted by molar-refractivity contribution is -0.137. The Labute approximate surface area is 99.3 Å². The van der Waals surface area contributed by atoms with E-state index in [1.54, 1.807) is 6.20 Å². The second-order valence-electron chi connectivity index (χ2n) is 3.99. The van der Waals surface area contributed by atoms with Gasteiger partial charge in [-0.2, -0.15) is 0 Å². The van der Waals surface area contributed by atoms with Crippen molar-refractivity contribution in [1.29, 1.82) is 0 Å². The zero-order chi connectivity index (χ0) is 12.3. The van der Waals surface area contributed by atoms with Crippen LogP contribution in [0.25, 0.3) is 0 Å². The van der Waals surface area contributed by atoms with Crippen molar-refractivity contribution >= 4 is 5.97 Å². The molecule has 0 aliphatic carbocycles. The van der Waals surface area contributed by atoms with Gasteiger partial charge in [0.15, 0.2) is 0 Å². The summed E-state index contributed by atoms with van der Waals surface area (Å²) < 4.78 is 0. The van der Waals surface area contributed by atoms with Crippen LogP contribution in [0.3, 0.4) is 0 Å². The summed E-state index contributed by atoms with van der Waals surface area (Å²) in [5, 5.41) is 8.98. The van der Waals surface area contributed by atoms with Crippen LogP contribution in [-0.4, -0.2) is 21.0 Å². The zero-order valence-corrected chi connectivity index (χ0v) is 9.55. The SMILES string of the molecule is Cc1ncc(C(CC(=O)O)c2ccccc2)[nH]1. The Balaban J connectivity index is 2.35. The second-order valence-corrected chi connectivity index (χ2v) is 3.99. The van der Waals surface area contributed by atoms with E-state index >= 15 is 0 Å². The molecule has 1 atom stereocenters. The summed E-state index contributed by atoms with van der Waals surface area (Å²) in [4.78, 5) is 18.2. The van der Waals surface area contributed by atoms with E-state index in [4.69, 9.17) is 5.11 Å². The van der Waals surface area contributed by atoms with Gasteiger partial charge in [0.25, 0.3) is 0 Å². The number of nitrogens with zero attached hydrogens (tertiary/aromatic N) is 1. The number of rotatable bonds is 4. The maximum Gasteiger partial charge on any atom is 0.304 e. The number of carbonyl (C=O) groups is 1. The van der Waals surface area contributed by atoms with Crippen LogP contribution in [0.1, 0.15) is 29.4 Å². The molecule has 4 heteroatoms. The number of aryl methyl sites for hydroxylation is 1. The van der Waals surface area contributed by atoms with Gasteiger partial charge >= 0.3 is 5.97 Å². The average molecular weight is 230 g/mol. The van der Waals surface area contributed by atoms with Crippen LogP contribution in [0.2, 0.25) is 0 Å². The summed E-state index contributed by atoms with van der Waals surface area (Å²) in [6.07, 6.45) is 1.77.